The number of piperidine rings is 1. The van der Waals surface area contributed by atoms with Gasteiger partial charge in [0.1, 0.15) is 0 Å². The average molecular weight is 295 g/mol. The number of carbonyl (C=O) groups excluding carboxylic acids is 1. The van der Waals surface area contributed by atoms with E-state index < -0.39 is 0 Å². The lowest BCUT2D eigenvalue weighted by Gasteiger charge is -2.35. The Kier molecular flexibility index (Phi) is 6.49. The number of rotatable bonds is 6. The zero-order chi connectivity index (χ0) is 15.2. The summed E-state index contributed by atoms with van der Waals surface area (Å²) in [7, 11) is 0. The number of likely N-dealkylation sites (tertiary alicyclic amines) is 1. The Balaban J connectivity index is 1.82. The van der Waals surface area contributed by atoms with Crippen LogP contribution in [-0.4, -0.2) is 48.6 Å². The molecule has 122 valence electrons. The molecule has 0 bridgehead atoms. The molecule has 0 spiro atoms. The van der Waals surface area contributed by atoms with Crippen LogP contribution in [0.3, 0.4) is 0 Å². The first-order valence-electron chi connectivity index (χ1n) is 8.84. The Hall–Kier alpha value is -0.610. The van der Waals surface area contributed by atoms with E-state index in [0.29, 0.717) is 18.0 Å². The molecule has 2 rings (SSSR count). The fraction of sp³-hybridized carbons (Fsp3) is 0.941. The first kappa shape index (κ1) is 16.8. The molecule has 1 amide bonds. The maximum atomic E-state index is 12.6. The van der Waals surface area contributed by atoms with E-state index >= 15 is 0 Å². The topological polar surface area (TPSA) is 44.4 Å². The van der Waals surface area contributed by atoms with Crippen LogP contribution in [0, 0.1) is 5.92 Å². The highest BCUT2D eigenvalue weighted by Crippen LogP contribution is 2.24. The molecular weight excluding hydrogens is 262 g/mol. The van der Waals surface area contributed by atoms with Gasteiger partial charge < -0.3 is 10.6 Å². The summed E-state index contributed by atoms with van der Waals surface area (Å²) in [6, 6.07) is 1.03. The fourth-order valence-electron chi connectivity index (χ4n) is 3.64. The third kappa shape index (κ3) is 4.96. The monoisotopic (exact) mass is 295 g/mol. The molecule has 4 heteroatoms. The summed E-state index contributed by atoms with van der Waals surface area (Å²) in [5, 5.41) is 6.66. The molecule has 0 saturated carbocycles. The van der Waals surface area contributed by atoms with Gasteiger partial charge in [-0.15, -0.1) is 0 Å². The smallest absolute Gasteiger partial charge is 0.237 e. The number of nitrogens with zero attached hydrogens (tertiary/aromatic N) is 1. The third-order valence-corrected chi connectivity index (χ3v) is 4.94. The molecule has 0 radical (unpaired) electrons. The zero-order valence-corrected chi connectivity index (χ0v) is 14.0. The van der Waals surface area contributed by atoms with Crippen molar-refractivity contribution in [2.75, 3.05) is 19.6 Å². The average Bonchev–Trinajstić information content (AvgIpc) is 2.95. The molecule has 0 aromatic heterocycles. The standard InChI is InChI=1S/C17H33N3O/c1-13(2)6-7-14(3)19-17(21)16-5-4-12-20(16)15-8-10-18-11-9-15/h13-16,18H,4-12H2,1-3H3,(H,19,21). The summed E-state index contributed by atoms with van der Waals surface area (Å²) in [6.45, 7) is 9.92. The number of amides is 1. The Bertz CT molecular complexity index is 326. The van der Waals surface area contributed by atoms with Crippen molar-refractivity contribution in [2.45, 2.75) is 77.4 Å². The van der Waals surface area contributed by atoms with Crippen molar-refractivity contribution in [2.24, 2.45) is 5.92 Å². The van der Waals surface area contributed by atoms with Gasteiger partial charge >= 0.3 is 0 Å². The van der Waals surface area contributed by atoms with Crippen molar-refractivity contribution in [1.29, 1.82) is 0 Å². The first-order chi connectivity index (χ1) is 10.1. The molecular formula is C17H33N3O. The van der Waals surface area contributed by atoms with Crippen LogP contribution in [-0.2, 0) is 4.79 Å². The predicted molar refractivity (Wildman–Crippen MR) is 87.3 cm³/mol. The van der Waals surface area contributed by atoms with Gasteiger partial charge in [-0.3, -0.25) is 9.69 Å². The van der Waals surface area contributed by atoms with E-state index in [-0.39, 0.29) is 11.9 Å². The highest BCUT2D eigenvalue weighted by molar-refractivity contribution is 5.82. The van der Waals surface area contributed by atoms with Crippen LogP contribution in [0.25, 0.3) is 0 Å². The second kappa shape index (κ2) is 8.14. The maximum absolute atomic E-state index is 12.6. The molecule has 2 atom stereocenters. The van der Waals surface area contributed by atoms with Crippen molar-refractivity contribution in [3.63, 3.8) is 0 Å². The molecule has 4 nitrogen and oxygen atoms in total. The number of hydrogen-bond donors (Lipinski definition) is 2. The summed E-state index contributed by atoms with van der Waals surface area (Å²) in [6.07, 6.45) is 6.85. The van der Waals surface area contributed by atoms with Gasteiger partial charge in [0, 0.05) is 12.1 Å². The molecule has 2 heterocycles. The van der Waals surface area contributed by atoms with Gasteiger partial charge in [0.2, 0.25) is 5.91 Å². The summed E-state index contributed by atoms with van der Waals surface area (Å²) in [5.41, 5.74) is 0. The van der Waals surface area contributed by atoms with E-state index in [1.54, 1.807) is 0 Å². The largest absolute Gasteiger partial charge is 0.352 e. The molecule has 2 saturated heterocycles. The van der Waals surface area contributed by atoms with Crippen molar-refractivity contribution >= 4 is 5.91 Å². The van der Waals surface area contributed by atoms with Gasteiger partial charge in [-0.25, -0.2) is 0 Å². The van der Waals surface area contributed by atoms with Crippen molar-refractivity contribution < 1.29 is 4.79 Å². The SMILES string of the molecule is CC(C)CCC(C)NC(=O)C1CCCN1C1CCNCC1. The number of carbonyl (C=O) groups is 1. The minimum atomic E-state index is 0.120. The minimum Gasteiger partial charge on any atom is -0.352 e. The predicted octanol–water partition coefficient (Wildman–Crippen LogP) is 2.14. The summed E-state index contributed by atoms with van der Waals surface area (Å²) in [4.78, 5) is 15.1. The van der Waals surface area contributed by atoms with Crippen LogP contribution in [0.15, 0.2) is 0 Å². The second-order valence-corrected chi connectivity index (χ2v) is 7.26. The van der Waals surface area contributed by atoms with E-state index in [0.717, 1.165) is 32.5 Å². The third-order valence-electron chi connectivity index (χ3n) is 4.94. The van der Waals surface area contributed by atoms with Crippen LogP contribution in [0.2, 0.25) is 0 Å². The zero-order valence-electron chi connectivity index (χ0n) is 14.0. The Labute approximate surface area is 130 Å². The minimum absolute atomic E-state index is 0.120. The van der Waals surface area contributed by atoms with Gasteiger partial charge in [0.05, 0.1) is 6.04 Å². The van der Waals surface area contributed by atoms with Crippen LogP contribution in [0.5, 0.6) is 0 Å². The Morgan fingerprint density at radius 2 is 1.90 bits per heavy atom. The quantitative estimate of drug-likeness (QED) is 0.789. The van der Waals surface area contributed by atoms with Crippen LogP contribution in [0.4, 0.5) is 0 Å². The lowest BCUT2D eigenvalue weighted by Crippen LogP contribution is -2.52. The van der Waals surface area contributed by atoms with E-state index in [1.807, 2.05) is 0 Å². The van der Waals surface area contributed by atoms with Crippen molar-refractivity contribution in [1.82, 2.24) is 15.5 Å². The van der Waals surface area contributed by atoms with Gasteiger partial charge in [0.15, 0.2) is 0 Å². The number of nitrogens with one attached hydrogen (secondary N) is 2. The van der Waals surface area contributed by atoms with Crippen molar-refractivity contribution in [3.8, 4) is 0 Å². The highest BCUT2D eigenvalue weighted by Gasteiger charge is 2.35. The number of hydrogen-bond acceptors (Lipinski definition) is 3. The molecule has 0 aromatic rings. The van der Waals surface area contributed by atoms with Crippen LogP contribution >= 0.6 is 0 Å². The maximum Gasteiger partial charge on any atom is 0.237 e. The summed E-state index contributed by atoms with van der Waals surface area (Å²) < 4.78 is 0. The second-order valence-electron chi connectivity index (χ2n) is 7.26. The van der Waals surface area contributed by atoms with E-state index in [2.05, 4.69) is 36.3 Å². The lowest BCUT2D eigenvalue weighted by molar-refractivity contribution is -0.127. The normalized spacial score (nSPS) is 26.2. The molecule has 0 aliphatic carbocycles. The summed E-state index contributed by atoms with van der Waals surface area (Å²) >= 11 is 0. The van der Waals surface area contributed by atoms with Gasteiger partial charge in [0.25, 0.3) is 0 Å². The highest BCUT2D eigenvalue weighted by atomic mass is 16.2. The fourth-order valence-corrected chi connectivity index (χ4v) is 3.64. The van der Waals surface area contributed by atoms with Crippen LogP contribution in [0.1, 0.15) is 59.3 Å². The van der Waals surface area contributed by atoms with E-state index in [1.165, 1.54) is 25.7 Å². The summed E-state index contributed by atoms with van der Waals surface area (Å²) in [5.74, 6) is 0.976. The van der Waals surface area contributed by atoms with E-state index in [4.69, 9.17) is 0 Å². The Morgan fingerprint density at radius 3 is 2.57 bits per heavy atom. The molecule has 21 heavy (non-hydrogen) atoms. The molecule has 2 N–H and O–H groups in total. The molecule has 0 aromatic carbocycles. The molecule has 2 aliphatic heterocycles. The first-order valence-corrected chi connectivity index (χ1v) is 8.84. The molecule has 2 unspecified atom stereocenters. The molecule has 2 fully saturated rings. The van der Waals surface area contributed by atoms with Crippen LogP contribution < -0.4 is 10.6 Å². The van der Waals surface area contributed by atoms with Crippen molar-refractivity contribution in [3.05, 3.63) is 0 Å². The van der Waals surface area contributed by atoms with Gasteiger partial charge in [-0.2, -0.15) is 0 Å². The van der Waals surface area contributed by atoms with Gasteiger partial charge in [-0.05, 0) is 71.0 Å². The van der Waals surface area contributed by atoms with Gasteiger partial charge in [-0.1, -0.05) is 13.8 Å². The molecule has 2 aliphatic rings. The van der Waals surface area contributed by atoms with E-state index in [9.17, 15) is 4.79 Å². The Morgan fingerprint density at radius 1 is 1.19 bits per heavy atom. The lowest BCUT2D eigenvalue weighted by atomic mass is 10.0.